The quantitative estimate of drug-likeness (QED) is 0.480. The zero-order chi connectivity index (χ0) is 24.2. The maximum atomic E-state index is 6.09. The van der Waals surface area contributed by atoms with Crippen LogP contribution in [0.25, 0.3) is 11.1 Å². The first-order chi connectivity index (χ1) is 16.3. The average molecular weight is 465 g/mol. The SMILES string of the molecule is COc1cc(Nc2nc(N3CCCC(OC(C)C)C3)n(C(C)C)n2)ccc1-c1ccnc(C)c1. The van der Waals surface area contributed by atoms with E-state index in [-0.39, 0.29) is 18.2 Å². The van der Waals surface area contributed by atoms with E-state index in [4.69, 9.17) is 19.6 Å². The lowest BCUT2D eigenvalue weighted by Gasteiger charge is -2.34. The third-order valence-electron chi connectivity index (χ3n) is 5.89. The highest BCUT2D eigenvalue weighted by Gasteiger charge is 2.26. The zero-order valence-corrected chi connectivity index (χ0v) is 21.1. The Kier molecular flexibility index (Phi) is 7.36. The summed E-state index contributed by atoms with van der Waals surface area (Å²) in [5, 5.41) is 8.15. The molecule has 1 aromatic carbocycles. The van der Waals surface area contributed by atoms with Gasteiger partial charge in [0.05, 0.1) is 25.4 Å². The Balaban J connectivity index is 1.57. The van der Waals surface area contributed by atoms with Crippen molar-refractivity contribution >= 4 is 17.6 Å². The van der Waals surface area contributed by atoms with Crippen molar-refractivity contribution in [1.29, 1.82) is 0 Å². The summed E-state index contributed by atoms with van der Waals surface area (Å²) in [6.45, 7) is 12.2. The smallest absolute Gasteiger partial charge is 0.248 e. The largest absolute Gasteiger partial charge is 0.496 e. The first-order valence-corrected chi connectivity index (χ1v) is 12.1. The zero-order valence-electron chi connectivity index (χ0n) is 21.1. The summed E-state index contributed by atoms with van der Waals surface area (Å²) in [5.41, 5.74) is 3.93. The van der Waals surface area contributed by atoms with Crippen molar-refractivity contribution < 1.29 is 9.47 Å². The number of hydrogen-bond donors (Lipinski definition) is 1. The summed E-state index contributed by atoms with van der Waals surface area (Å²) in [5.74, 6) is 2.24. The fourth-order valence-electron chi connectivity index (χ4n) is 4.40. The highest BCUT2D eigenvalue weighted by molar-refractivity contribution is 5.74. The molecule has 182 valence electrons. The molecule has 0 spiro atoms. The normalized spacial score (nSPS) is 16.4. The number of aromatic nitrogens is 4. The van der Waals surface area contributed by atoms with Crippen LogP contribution < -0.4 is 15.0 Å². The Morgan fingerprint density at radius 2 is 1.94 bits per heavy atom. The first-order valence-electron chi connectivity index (χ1n) is 12.1. The number of nitrogens with zero attached hydrogens (tertiary/aromatic N) is 5. The predicted molar refractivity (Wildman–Crippen MR) is 136 cm³/mol. The van der Waals surface area contributed by atoms with E-state index in [2.05, 4.69) is 55.0 Å². The number of ether oxygens (including phenoxy) is 2. The number of methoxy groups -OCH3 is 1. The minimum absolute atomic E-state index is 0.191. The highest BCUT2D eigenvalue weighted by Crippen LogP contribution is 2.34. The molecule has 34 heavy (non-hydrogen) atoms. The van der Waals surface area contributed by atoms with Gasteiger partial charge in [0.15, 0.2) is 0 Å². The lowest BCUT2D eigenvalue weighted by Crippen LogP contribution is -2.42. The van der Waals surface area contributed by atoms with Gasteiger partial charge >= 0.3 is 0 Å². The molecule has 1 aliphatic heterocycles. The fraction of sp³-hybridized carbons (Fsp3) is 0.500. The molecular formula is C26H36N6O2. The van der Waals surface area contributed by atoms with Crippen molar-refractivity contribution in [3.8, 4) is 16.9 Å². The number of anilines is 3. The number of benzene rings is 1. The molecule has 8 heteroatoms. The van der Waals surface area contributed by atoms with Gasteiger partial charge in [-0.25, -0.2) is 4.68 Å². The van der Waals surface area contributed by atoms with Gasteiger partial charge in [-0.2, -0.15) is 4.98 Å². The van der Waals surface area contributed by atoms with E-state index >= 15 is 0 Å². The summed E-state index contributed by atoms with van der Waals surface area (Å²) in [6.07, 6.45) is 4.42. The molecule has 1 unspecified atom stereocenters. The van der Waals surface area contributed by atoms with Crippen molar-refractivity contribution in [3.05, 3.63) is 42.2 Å². The number of piperidine rings is 1. The third kappa shape index (κ3) is 5.50. The van der Waals surface area contributed by atoms with Gasteiger partial charge in [-0.3, -0.25) is 4.98 Å². The van der Waals surface area contributed by atoms with Crippen molar-refractivity contribution in [1.82, 2.24) is 19.7 Å². The molecule has 0 radical (unpaired) electrons. The molecule has 1 atom stereocenters. The molecule has 1 aliphatic rings. The number of pyridine rings is 1. The van der Waals surface area contributed by atoms with Crippen molar-refractivity contribution in [2.75, 3.05) is 30.4 Å². The van der Waals surface area contributed by atoms with Crippen LogP contribution in [-0.2, 0) is 4.74 Å². The number of aryl methyl sites for hydroxylation is 1. The minimum Gasteiger partial charge on any atom is -0.496 e. The molecular weight excluding hydrogens is 428 g/mol. The minimum atomic E-state index is 0.191. The molecule has 4 rings (SSSR count). The number of rotatable bonds is 8. The second kappa shape index (κ2) is 10.4. The van der Waals surface area contributed by atoms with E-state index in [0.29, 0.717) is 5.95 Å². The van der Waals surface area contributed by atoms with Crippen molar-refractivity contribution in [2.24, 2.45) is 0 Å². The van der Waals surface area contributed by atoms with Crippen LogP contribution in [0.5, 0.6) is 5.75 Å². The lowest BCUT2D eigenvalue weighted by atomic mass is 10.0. The van der Waals surface area contributed by atoms with E-state index < -0.39 is 0 Å². The van der Waals surface area contributed by atoms with Crippen LogP contribution in [0.4, 0.5) is 17.6 Å². The summed E-state index contributed by atoms with van der Waals surface area (Å²) < 4.78 is 13.8. The van der Waals surface area contributed by atoms with Gasteiger partial charge in [-0.1, -0.05) is 0 Å². The maximum absolute atomic E-state index is 6.09. The van der Waals surface area contributed by atoms with E-state index in [1.165, 1.54) is 0 Å². The Labute approximate surface area is 202 Å². The van der Waals surface area contributed by atoms with Gasteiger partial charge in [0.25, 0.3) is 0 Å². The second-order valence-electron chi connectivity index (χ2n) is 9.39. The molecule has 2 aromatic heterocycles. The molecule has 0 bridgehead atoms. The molecule has 1 N–H and O–H groups in total. The second-order valence-corrected chi connectivity index (χ2v) is 9.39. The highest BCUT2D eigenvalue weighted by atomic mass is 16.5. The standard InChI is InChI=1S/C26H36N6O2/c1-17(2)32-26(31-13-7-8-22(16-31)34-18(3)4)29-25(30-32)28-21-9-10-23(24(15-21)33-6)20-11-12-27-19(5)14-20/h9-12,14-15,17-18,22H,7-8,13,16H2,1-6H3,(H,28,30). The first kappa shape index (κ1) is 24.0. The van der Waals surface area contributed by atoms with E-state index in [0.717, 1.165) is 60.1 Å². The van der Waals surface area contributed by atoms with Gasteiger partial charge in [-0.05, 0) is 77.3 Å². The molecule has 1 saturated heterocycles. The van der Waals surface area contributed by atoms with Crippen LogP contribution in [0.15, 0.2) is 36.5 Å². The molecule has 3 heterocycles. The Hall–Kier alpha value is -3.13. The molecule has 8 nitrogen and oxygen atoms in total. The number of nitrogens with one attached hydrogen (secondary N) is 1. The predicted octanol–water partition coefficient (Wildman–Crippen LogP) is 5.38. The van der Waals surface area contributed by atoms with Crippen LogP contribution in [0.2, 0.25) is 0 Å². The van der Waals surface area contributed by atoms with Gasteiger partial charge in [0.1, 0.15) is 5.75 Å². The summed E-state index contributed by atoms with van der Waals surface area (Å²) in [7, 11) is 1.69. The summed E-state index contributed by atoms with van der Waals surface area (Å²) in [6, 6.07) is 10.3. The van der Waals surface area contributed by atoms with E-state index in [1.807, 2.05) is 36.0 Å². The van der Waals surface area contributed by atoms with Crippen LogP contribution in [-0.4, -0.2) is 52.2 Å². The van der Waals surface area contributed by atoms with Gasteiger partial charge in [-0.15, -0.1) is 5.10 Å². The van der Waals surface area contributed by atoms with E-state index in [1.54, 1.807) is 7.11 Å². The Morgan fingerprint density at radius 3 is 2.65 bits per heavy atom. The van der Waals surface area contributed by atoms with Crippen molar-refractivity contribution in [3.63, 3.8) is 0 Å². The van der Waals surface area contributed by atoms with Crippen LogP contribution in [0, 0.1) is 6.92 Å². The van der Waals surface area contributed by atoms with Gasteiger partial charge in [0, 0.05) is 42.3 Å². The molecule has 0 saturated carbocycles. The van der Waals surface area contributed by atoms with Crippen LogP contribution in [0.3, 0.4) is 0 Å². The average Bonchev–Trinajstić information content (AvgIpc) is 3.23. The fourth-order valence-corrected chi connectivity index (χ4v) is 4.40. The molecule has 1 fully saturated rings. The van der Waals surface area contributed by atoms with E-state index in [9.17, 15) is 0 Å². The molecule has 0 aliphatic carbocycles. The molecule has 0 amide bonds. The maximum Gasteiger partial charge on any atom is 0.248 e. The Bertz CT molecular complexity index is 1110. The van der Waals surface area contributed by atoms with Crippen LogP contribution >= 0.6 is 0 Å². The number of hydrogen-bond acceptors (Lipinski definition) is 7. The van der Waals surface area contributed by atoms with Crippen molar-refractivity contribution in [2.45, 2.75) is 65.7 Å². The lowest BCUT2D eigenvalue weighted by molar-refractivity contribution is 0.000656. The molecule has 3 aromatic rings. The third-order valence-corrected chi connectivity index (χ3v) is 5.89. The van der Waals surface area contributed by atoms with Crippen LogP contribution in [0.1, 0.15) is 52.3 Å². The Morgan fingerprint density at radius 1 is 1.12 bits per heavy atom. The topological polar surface area (TPSA) is 77.3 Å². The monoisotopic (exact) mass is 464 g/mol. The summed E-state index contributed by atoms with van der Waals surface area (Å²) >= 11 is 0. The van der Waals surface area contributed by atoms with Gasteiger partial charge < -0.3 is 19.7 Å². The van der Waals surface area contributed by atoms with Gasteiger partial charge in [0.2, 0.25) is 11.9 Å². The summed E-state index contributed by atoms with van der Waals surface area (Å²) in [4.78, 5) is 11.5.